The lowest BCUT2D eigenvalue weighted by Gasteiger charge is -2.14. The first-order valence-corrected chi connectivity index (χ1v) is 7.44. The summed E-state index contributed by atoms with van der Waals surface area (Å²) in [6, 6.07) is 15.4. The van der Waals surface area contributed by atoms with E-state index in [-0.39, 0.29) is 12.1 Å². The largest absolute Gasteiger partial charge is 0.465 e. The van der Waals surface area contributed by atoms with Crippen molar-refractivity contribution < 1.29 is 14.3 Å². The van der Waals surface area contributed by atoms with Crippen LogP contribution >= 0.6 is 15.9 Å². The van der Waals surface area contributed by atoms with Crippen LogP contribution in [0.3, 0.4) is 0 Å². The highest BCUT2D eigenvalue weighted by atomic mass is 79.9. The Morgan fingerprint density at radius 3 is 2.52 bits per heavy atom. The number of carbonyl (C=O) groups excluding carboxylic acids is 1. The summed E-state index contributed by atoms with van der Waals surface area (Å²) in [6.45, 7) is 2.49. The fourth-order valence-electron chi connectivity index (χ4n) is 1.94. The van der Waals surface area contributed by atoms with E-state index in [1.54, 1.807) is 12.1 Å². The minimum atomic E-state index is -0.346. The zero-order valence-electron chi connectivity index (χ0n) is 12.0. The van der Waals surface area contributed by atoms with Gasteiger partial charge in [-0.2, -0.15) is 0 Å². The van der Waals surface area contributed by atoms with Crippen molar-refractivity contribution in [2.75, 3.05) is 7.11 Å². The Bertz CT molecular complexity index is 611. The Morgan fingerprint density at radius 2 is 1.90 bits per heavy atom. The number of esters is 1. The van der Waals surface area contributed by atoms with E-state index >= 15 is 0 Å². The lowest BCUT2D eigenvalue weighted by molar-refractivity contribution is 0.0520. The molecule has 1 unspecified atom stereocenters. The average molecular weight is 349 g/mol. The molecule has 0 aliphatic carbocycles. The molecule has 3 nitrogen and oxygen atoms in total. The maximum atomic E-state index is 11.5. The molecule has 0 heterocycles. The Balaban J connectivity index is 2.02. The maximum absolute atomic E-state index is 11.5. The van der Waals surface area contributed by atoms with Gasteiger partial charge in [-0.15, -0.1) is 0 Å². The first kappa shape index (κ1) is 15.7. The molecule has 2 rings (SSSR count). The zero-order valence-corrected chi connectivity index (χ0v) is 13.6. The van der Waals surface area contributed by atoms with Gasteiger partial charge in [0.25, 0.3) is 0 Å². The molecule has 0 bridgehead atoms. The smallest absolute Gasteiger partial charge is 0.337 e. The van der Waals surface area contributed by atoms with Gasteiger partial charge in [-0.1, -0.05) is 52.3 Å². The summed E-state index contributed by atoms with van der Waals surface area (Å²) in [4.78, 5) is 11.5. The Labute approximate surface area is 133 Å². The Hall–Kier alpha value is -1.65. The van der Waals surface area contributed by atoms with E-state index in [1.165, 1.54) is 7.11 Å². The normalized spacial score (nSPS) is 12.0. The van der Waals surface area contributed by atoms with Crippen LogP contribution in [0, 0.1) is 0 Å². The van der Waals surface area contributed by atoms with Crippen molar-refractivity contribution in [2.45, 2.75) is 19.6 Å². The summed E-state index contributed by atoms with van der Waals surface area (Å²) in [6.07, 6.45) is 0.0124. The van der Waals surface area contributed by atoms with Crippen LogP contribution < -0.4 is 0 Å². The van der Waals surface area contributed by atoms with Gasteiger partial charge in [-0.25, -0.2) is 4.79 Å². The second kappa shape index (κ2) is 7.38. The monoisotopic (exact) mass is 348 g/mol. The van der Waals surface area contributed by atoms with Gasteiger partial charge in [0.2, 0.25) is 0 Å². The van der Waals surface area contributed by atoms with E-state index in [2.05, 4.69) is 15.9 Å². The highest BCUT2D eigenvalue weighted by molar-refractivity contribution is 9.10. The highest BCUT2D eigenvalue weighted by Crippen LogP contribution is 2.23. The van der Waals surface area contributed by atoms with Gasteiger partial charge in [-0.05, 0) is 30.2 Å². The summed E-state index contributed by atoms with van der Waals surface area (Å²) < 4.78 is 11.4. The molecule has 1 atom stereocenters. The molecule has 0 aliphatic rings. The summed E-state index contributed by atoms with van der Waals surface area (Å²) in [5.74, 6) is -0.346. The minimum absolute atomic E-state index is 0.0124. The average Bonchev–Trinajstić information content (AvgIpc) is 2.53. The third-order valence-corrected chi connectivity index (χ3v) is 3.97. The lowest BCUT2D eigenvalue weighted by Crippen LogP contribution is -2.04. The van der Waals surface area contributed by atoms with Crippen molar-refractivity contribution in [3.8, 4) is 0 Å². The second-order valence-electron chi connectivity index (χ2n) is 4.66. The second-order valence-corrected chi connectivity index (χ2v) is 5.52. The van der Waals surface area contributed by atoms with Crippen LogP contribution in [0.2, 0.25) is 0 Å². The van der Waals surface area contributed by atoms with Crippen molar-refractivity contribution in [3.05, 3.63) is 69.7 Å². The van der Waals surface area contributed by atoms with E-state index in [4.69, 9.17) is 9.47 Å². The summed E-state index contributed by atoms with van der Waals surface area (Å²) in [5, 5.41) is 0. The van der Waals surface area contributed by atoms with Gasteiger partial charge in [0, 0.05) is 4.47 Å². The topological polar surface area (TPSA) is 35.5 Å². The predicted octanol–water partition coefficient (Wildman–Crippen LogP) is 4.51. The third kappa shape index (κ3) is 4.16. The fourth-order valence-corrected chi connectivity index (χ4v) is 2.44. The molecule has 0 N–H and O–H groups in total. The van der Waals surface area contributed by atoms with Crippen LogP contribution in [0.1, 0.15) is 34.5 Å². The van der Waals surface area contributed by atoms with Crippen LogP contribution in [0.25, 0.3) is 0 Å². The first-order chi connectivity index (χ1) is 10.1. The van der Waals surface area contributed by atoms with E-state index in [0.29, 0.717) is 12.2 Å². The molecule has 0 amide bonds. The molecule has 0 fully saturated rings. The Kier molecular flexibility index (Phi) is 5.53. The number of benzene rings is 2. The number of ether oxygens (including phenoxy) is 2. The van der Waals surface area contributed by atoms with Crippen LogP contribution in [0.15, 0.2) is 53.0 Å². The van der Waals surface area contributed by atoms with Crippen LogP contribution in [-0.4, -0.2) is 13.1 Å². The maximum Gasteiger partial charge on any atom is 0.337 e. The van der Waals surface area contributed by atoms with E-state index < -0.39 is 0 Å². The molecule has 110 valence electrons. The first-order valence-electron chi connectivity index (χ1n) is 6.65. The van der Waals surface area contributed by atoms with Crippen LogP contribution in [0.4, 0.5) is 0 Å². The number of rotatable bonds is 5. The number of carbonyl (C=O) groups is 1. The molecule has 0 spiro atoms. The van der Waals surface area contributed by atoms with Gasteiger partial charge in [0.15, 0.2) is 0 Å². The number of halogens is 1. The molecule has 4 heteroatoms. The molecule has 0 saturated heterocycles. The SMILES string of the molecule is COC(=O)c1ccc(COC(C)c2ccccc2)c(Br)c1. The number of hydrogen-bond acceptors (Lipinski definition) is 3. The van der Waals surface area contributed by atoms with Crippen molar-refractivity contribution >= 4 is 21.9 Å². The molecule has 21 heavy (non-hydrogen) atoms. The van der Waals surface area contributed by atoms with Gasteiger partial charge in [0.05, 0.1) is 25.4 Å². The van der Waals surface area contributed by atoms with Crippen molar-refractivity contribution in [1.29, 1.82) is 0 Å². The van der Waals surface area contributed by atoms with Crippen LogP contribution in [-0.2, 0) is 16.1 Å². The van der Waals surface area contributed by atoms with Crippen LogP contribution in [0.5, 0.6) is 0 Å². The Morgan fingerprint density at radius 1 is 1.19 bits per heavy atom. The molecule has 2 aromatic carbocycles. The summed E-state index contributed by atoms with van der Waals surface area (Å²) in [7, 11) is 1.37. The molecule has 0 radical (unpaired) electrons. The van der Waals surface area contributed by atoms with Gasteiger partial charge in [-0.3, -0.25) is 0 Å². The highest BCUT2D eigenvalue weighted by Gasteiger charge is 2.10. The molecular formula is C17H17BrO3. The van der Waals surface area contributed by atoms with E-state index in [1.807, 2.05) is 43.3 Å². The summed E-state index contributed by atoms with van der Waals surface area (Å²) in [5.41, 5.74) is 2.65. The van der Waals surface area contributed by atoms with Crippen molar-refractivity contribution in [2.24, 2.45) is 0 Å². The standard InChI is InChI=1S/C17H17BrO3/c1-12(13-6-4-3-5-7-13)21-11-15-9-8-14(10-16(15)18)17(19)20-2/h3-10,12H,11H2,1-2H3. The fraction of sp³-hybridized carbons (Fsp3) is 0.235. The molecule has 0 aliphatic heterocycles. The third-order valence-electron chi connectivity index (χ3n) is 3.23. The molecule has 2 aromatic rings. The molecule has 0 aromatic heterocycles. The van der Waals surface area contributed by atoms with Gasteiger partial charge >= 0.3 is 5.97 Å². The zero-order chi connectivity index (χ0) is 15.2. The van der Waals surface area contributed by atoms with Crippen molar-refractivity contribution in [3.63, 3.8) is 0 Å². The van der Waals surface area contributed by atoms with E-state index in [0.717, 1.165) is 15.6 Å². The minimum Gasteiger partial charge on any atom is -0.465 e. The predicted molar refractivity (Wildman–Crippen MR) is 85.1 cm³/mol. The van der Waals surface area contributed by atoms with Crippen molar-refractivity contribution in [1.82, 2.24) is 0 Å². The lowest BCUT2D eigenvalue weighted by atomic mass is 10.1. The van der Waals surface area contributed by atoms with Gasteiger partial charge < -0.3 is 9.47 Å². The quantitative estimate of drug-likeness (QED) is 0.745. The number of methoxy groups -OCH3 is 1. The van der Waals surface area contributed by atoms with E-state index in [9.17, 15) is 4.79 Å². The van der Waals surface area contributed by atoms with Gasteiger partial charge in [0.1, 0.15) is 0 Å². The number of hydrogen-bond donors (Lipinski definition) is 0. The molecule has 0 saturated carbocycles. The summed E-state index contributed by atoms with van der Waals surface area (Å²) >= 11 is 3.46. The molecular weight excluding hydrogens is 332 g/mol.